The first-order valence-electron chi connectivity index (χ1n) is 12.9. The molecular weight excluding hydrogens is 500 g/mol. The number of aromatic carboxylic acids is 1. The molecule has 38 heavy (non-hydrogen) atoms. The zero-order valence-electron chi connectivity index (χ0n) is 22.4. The molecule has 7 heteroatoms. The minimum Gasteiger partial charge on any atom is -0.490 e. The minimum atomic E-state index is -0.987. The highest BCUT2D eigenvalue weighted by atomic mass is 35.5. The molecule has 5 rings (SSSR count). The van der Waals surface area contributed by atoms with Crippen LogP contribution in [0.2, 0.25) is 5.02 Å². The number of carbonyl (C=O) groups is 1. The first-order chi connectivity index (χ1) is 18.0. The Morgan fingerprint density at radius 2 is 1.84 bits per heavy atom. The molecule has 0 unspecified atom stereocenters. The molecular formula is C31H33ClN2O4. The van der Waals surface area contributed by atoms with E-state index in [0.717, 1.165) is 52.3 Å². The van der Waals surface area contributed by atoms with Crippen molar-refractivity contribution in [3.8, 4) is 11.5 Å². The Kier molecular flexibility index (Phi) is 6.64. The van der Waals surface area contributed by atoms with E-state index in [1.807, 2.05) is 43.3 Å². The first kappa shape index (κ1) is 26.1. The average Bonchev–Trinajstić information content (AvgIpc) is 3.17. The third-order valence-electron chi connectivity index (χ3n) is 6.90. The fourth-order valence-electron chi connectivity index (χ4n) is 5.36. The Morgan fingerprint density at radius 3 is 2.53 bits per heavy atom. The van der Waals surface area contributed by atoms with Crippen LogP contribution in [0.1, 0.15) is 72.8 Å². The summed E-state index contributed by atoms with van der Waals surface area (Å²) in [6, 6.07) is 15.0. The maximum absolute atomic E-state index is 12.1. The number of halogens is 1. The Morgan fingerprint density at radius 1 is 1.11 bits per heavy atom. The molecule has 0 saturated heterocycles. The average molecular weight is 533 g/mol. The van der Waals surface area contributed by atoms with E-state index in [-0.39, 0.29) is 16.7 Å². The number of fused-ring (bicyclic) bond motifs is 3. The lowest BCUT2D eigenvalue weighted by Crippen LogP contribution is -2.30. The number of nitrogens with one attached hydrogen (secondary N) is 1. The molecule has 2 aliphatic heterocycles. The van der Waals surface area contributed by atoms with E-state index < -0.39 is 5.97 Å². The van der Waals surface area contributed by atoms with E-state index in [4.69, 9.17) is 26.1 Å². The molecule has 2 N–H and O–H groups in total. The number of hydrogen-bond acceptors (Lipinski definition) is 5. The fraction of sp³-hybridized carbons (Fsp3) is 0.355. The van der Waals surface area contributed by atoms with Gasteiger partial charge in [-0.3, -0.25) is 4.99 Å². The van der Waals surface area contributed by atoms with E-state index in [1.54, 1.807) is 6.07 Å². The van der Waals surface area contributed by atoms with Crippen molar-refractivity contribution in [3.63, 3.8) is 0 Å². The Labute approximate surface area is 228 Å². The molecule has 0 aromatic heterocycles. The van der Waals surface area contributed by atoms with Crippen molar-refractivity contribution in [3.05, 3.63) is 86.9 Å². The van der Waals surface area contributed by atoms with Crippen LogP contribution in [0.25, 0.3) is 0 Å². The summed E-state index contributed by atoms with van der Waals surface area (Å²) in [6.45, 7) is 11.4. The van der Waals surface area contributed by atoms with Gasteiger partial charge < -0.3 is 19.9 Å². The number of hydrogen-bond donors (Lipinski definition) is 2. The number of ether oxygens (including phenoxy) is 2. The van der Waals surface area contributed by atoms with Crippen molar-refractivity contribution in [1.29, 1.82) is 0 Å². The third kappa shape index (κ3) is 5.10. The molecule has 198 valence electrons. The predicted octanol–water partition coefficient (Wildman–Crippen LogP) is 6.93. The number of nitrogens with zero attached hydrogens (tertiary/aromatic N) is 1. The summed E-state index contributed by atoms with van der Waals surface area (Å²) < 4.78 is 12.4. The van der Waals surface area contributed by atoms with Crippen molar-refractivity contribution in [2.75, 3.05) is 11.9 Å². The number of carboxylic acid groups (broad SMARTS) is 1. The van der Waals surface area contributed by atoms with Crippen molar-refractivity contribution in [2.24, 2.45) is 4.99 Å². The van der Waals surface area contributed by atoms with Gasteiger partial charge in [0.1, 0.15) is 5.60 Å². The summed E-state index contributed by atoms with van der Waals surface area (Å²) in [7, 11) is 0. The van der Waals surface area contributed by atoms with Crippen LogP contribution in [0.4, 0.5) is 5.69 Å². The van der Waals surface area contributed by atoms with Gasteiger partial charge in [0.2, 0.25) is 0 Å². The van der Waals surface area contributed by atoms with Crippen LogP contribution in [0.5, 0.6) is 11.5 Å². The topological polar surface area (TPSA) is 80.2 Å². The van der Waals surface area contributed by atoms with Crippen LogP contribution in [0.3, 0.4) is 0 Å². The lowest BCUT2D eigenvalue weighted by atomic mass is 9.80. The van der Waals surface area contributed by atoms with Crippen LogP contribution >= 0.6 is 11.6 Å². The zero-order chi connectivity index (χ0) is 27.2. The second-order valence-corrected chi connectivity index (χ2v) is 11.6. The van der Waals surface area contributed by atoms with E-state index in [1.165, 1.54) is 5.56 Å². The molecule has 3 aromatic rings. The molecule has 2 heterocycles. The fourth-order valence-corrected chi connectivity index (χ4v) is 5.49. The first-order valence-corrected chi connectivity index (χ1v) is 13.3. The van der Waals surface area contributed by atoms with Gasteiger partial charge in [0.15, 0.2) is 11.5 Å². The van der Waals surface area contributed by atoms with Crippen LogP contribution in [-0.4, -0.2) is 34.5 Å². The van der Waals surface area contributed by atoms with Crippen molar-refractivity contribution >= 4 is 29.0 Å². The maximum atomic E-state index is 12.1. The van der Waals surface area contributed by atoms with Gasteiger partial charge >= 0.3 is 5.97 Å². The molecule has 6 nitrogen and oxygen atoms in total. The normalized spacial score (nSPS) is 16.6. The van der Waals surface area contributed by atoms with E-state index in [9.17, 15) is 9.90 Å². The van der Waals surface area contributed by atoms with E-state index in [2.05, 4.69) is 39.1 Å². The highest BCUT2D eigenvalue weighted by Crippen LogP contribution is 2.48. The number of benzene rings is 3. The standard InChI is InChI=1S/C31H33ClN2O4/c1-6-37-25-14-20-15-30(2,3)34-27(26(20)23-16-31(4,5)38-28(23)25)19-9-12-22(29(35)36)24(13-19)33-17-18-7-10-21(32)11-8-18/h7-14,33H,6,15-17H2,1-5H3,(H,35,36). The molecule has 0 fully saturated rings. The number of carboxylic acids is 1. The Balaban J connectivity index is 1.62. The largest absolute Gasteiger partial charge is 0.490 e. The van der Waals surface area contributed by atoms with Gasteiger partial charge in [0, 0.05) is 40.4 Å². The summed E-state index contributed by atoms with van der Waals surface area (Å²) in [4.78, 5) is 17.3. The molecule has 2 aliphatic rings. The summed E-state index contributed by atoms with van der Waals surface area (Å²) in [5, 5.41) is 13.9. The van der Waals surface area contributed by atoms with E-state index in [0.29, 0.717) is 23.9 Å². The van der Waals surface area contributed by atoms with Gasteiger partial charge in [-0.15, -0.1) is 0 Å². The monoisotopic (exact) mass is 532 g/mol. The number of aliphatic imine (C=N–C) groups is 1. The third-order valence-corrected chi connectivity index (χ3v) is 7.15. The molecule has 3 aromatic carbocycles. The molecule has 0 bridgehead atoms. The molecule has 0 aliphatic carbocycles. The van der Waals surface area contributed by atoms with Crippen LogP contribution in [0.15, 0.2) is 53.5 Å². The zero-order valence-corrected chi connectivity index (χ0v) is 23.2. The lowest BCUT2D eigenvalue weighted by molar-refractivity contribution is 0.0698. The Hall–Kier alpha value is -3.51. The quantitative estimate of drug-likeness (QED) is 0.344. The maximum Gasteiger partial charge on any atom is 0.337 e. The van der Waals surface area contributed by atoms with Gasteiger partial charge in [0.05, 0.1) is 23.4 Å². The number of anilines is 1. The smallest absolute Gasteiger partial charge is 0.337 e. The SMILES string of the molecule is CCOc1cc2c(c3c1OC(C)(C)C3)C(c1ccc(C(=O)O)c(NCc3ccc(Cl)cc3)c1)=NC(C)(C)C2. The van der Waals surface area contributed by atoms with Crippen molar-refractivity contribution in [2.45, 2.75) is 65.1 Å². The van der Waals surface area contributed by atoms with Crippen molar-refractivity contribution < 1.29 is 19.4 Å². The van der Waals surface area contributed by atoms with Gasteiger partial charge in [-0.25, -0.2) is 4.79 Å². The second kappa shape index (κ2) is 9.66. The summed E-state index contributed by atoms with van der Waals surface area (Å²) in [5.74, 6) is 0.570. The molecule has 0 atom stereocenters. The van der Waals surface area contributed by atoms with Gasteiger partial charge in [-0.05, 0) is 82.5 Å². The summed E-state index contributed by atoms with van der Waals surface area (Å²) >= 11 is 6.02. The van der Waals surface area contributed by atoms with Crippen LogP contribution in [0, 0.1) is 0 Å². The van der Waals surface area contributed by atoms with Gasteiger partial charge in [-0.2, -0.15) is 0 Å². The Bertz CT molecular complexity index is 1440. The van der Waals surface area contributed by atoms with Gasteiger partial charge in [-0.1, -0.05) is 29.8 Å². The summed E-state index contributed by atoms with van der Waals surface area (Å²) in [6.07, 6.45) is 1.51. The van der Waals surface area contributed by atoms with Crippen molar-refractivity contribution in [1.82, 2.24) is 0 Å². The highest BCUT2D eigenvalue weighted by Gasteiger charge is 2.40. The van der Waals surface area contributed by atoms with E-state index >= 15 is 0 Å². The summed E-state index contributed by atoms with van der Waals surface area (Å²) in [5.41, 5.74) is 6.10. The highest BCUT2D eigenvalue weighted by molar-refractivity contribution is 6.30. The van der Waals surface area contributed by atoms with Crippen LogP contribution in [-0.2, 0) is 19.4 Å². The second-order valence-electron chi connectivity index (χ2n) is 11.2. The molecule has 0 spiro atoms. The minimum absolute atomic E-state index is 0.208. The lowest BCUT2D eigenvalue weighted by Gasteiger charge is -2.31. The predicted molar refractivity (Wildman–Crippen MR) is 152 cm³/mol. The molecule has 0 amide bonds. The number of rotatable bonds is 7. The van der Waals surface area contributed by atoms with Gasteiger partial charge in [0.25, 0.3) is 0 Å². The van der Waals surface area contributed by atoms with Crippen LogP contribution < -0.4 is 14.8 Å². The molecule has 0 radical (unpaired) electrons. The molecule has 0 saturated carbocycles.